The number of benzene rings is 3. The van der Waals surface area contributed by atoms with Crippen LogP contribution < -0.4 is 4.90 Å². The first kappa shape index (κ1) is 17.8. The Hall–Kier alpha value is -2.58. The van der Waals surface area contributed by atoms with E-state index in [0.717, 1.165) is 32.6 Å². The zero-order valence-corrected chi connectivity index (χ0v) is 16.1. The second-order valence-corrected chi connectivity index (χ2v) is 7.59. The number of piperazine rings is 1. The van der Waals surface area contributed by atoms with Crippen molar-refractivity contribution in [2.24, 2.45) is 0 Å². The van der Waals surface area contributed by atoms with Crippen LogP contribution in [-0.2, 0) is 13.0 Å². The molecular weight excluding hydrogens is 328 g/mol. The normalized spacial score (nSPS) is 17.8. The molecule has 0 N–H and O–H groups in total. The van der Waals surface area contributed by atoms with Crippen LogP contribution in [0.1, 0.15) is 16.7 Å². The summed E-state index contributed by atoms with van der Waals surface area (Å²) in [6, 6.07) is 31.2. The van der Waals surface area contributed by atoms with Gasteiger partial charge < -0.3 is 4.90 Å². The molecule has 0 amide bonds. The summed E-state index contributed by atoms with van der Waals surface area (Å²) in [5, 5.41) is 0. The third kappa shape index (κ3) is 4.58. The van der Waals surface area contributed by atoms with Crippen molar-refractivity contribution in [3.05, 3.63) is 102 Å². The molecule has 0 radical (unpaired) electrons. The maximum atomic E-state index is 2.61. The van der Waals surface area contributed by atoms with Crippen molar-refractivity contribution in [3.8, 4) is 0 Å². The summed E-state index contributed by atoms with van der Waals surface area (Å²) in [4.78, 5) is 5.21. The van der Waals surface area contributed by atoms with Crippen LogP contribution in [0.25, 0.3) is 0 Å². The van der Waals surface area contributed by atoms with Gasteiger partial charge in [-0.05, 0) is 36.6 Å². The summed E-state index contributed by atoms with van der Waals surface area (Å²) in [5.74, 6) is 0. The Balaban J connectivity index is 1.53. The van der Waals surface area contributed by atoms with Crippen molar-refractivity contribution >= 4 is 5.69 Å². The second kappa shape index (κ2) is 8.41. The van der Waals surface area contributed by atoms with E-state index >= 15 is 0 Å². The largest absolute Gasteiger partial charge is 0.366 e. The van der Waals surface area contributed by atoms with Gasteiger partial charge in [-0.1, -0.05) is 78.4 Å². The van der Waals surface area contributed by atoms with Crippen LogP contribution in [0.15, 0.2) is 84.9 Å². The highest BCUT2D eigenvalue weighted by Gasteiger charge is 2.27. The van der Waals surface area contributed by atoms with Gasteiger partial charge in [-0.15, -0.1) is 0 Å². The molecule has 1 saturated heterocycles. The first-order chi connectivity index (χ1) is 13.3. The fourth-order valence-corrected chi connectivity index (χ4v) is 4.04. The molecule has 0 spiro atoms. The third-order valence-corrected chi connectivity index (χ3v) is 5.50. The maximum Gasteiger partial charge on any atom is 0.0458 e. The van der Waals surface area contributed by atoms with Gasteiger partial charge in [0.15, 0.2) is 0 Å². The van der Waals surface area contributed by atoms with Crippen LogP contribution in [0.2, 0.25) is 0 Å². The molecule has 0 saturated carbocycles. The molecular formula is C25H28N2. The van der Waals surface area contributed by atoms with Gasteiger partial charge in [0, 0.05) is 37.9 Å². The number of rotatable bonds is 5. The number of aryl methyl sites for hydroxylation is 1. The van der Waals surface area contributed by atoms with E-state index in [0.29, 0.717) is 6.04 Å². The average molecular weight is 357 g/mol. The van der Waals surface area contributed by atoms with E-state index in [1.54, 1.807) is 0 Å². The van der Waals surface area contributed by atoms with Crippen molar-refractivity contribution in [1.82, 2.24) is 4.90 Å². The van der Waals surface area contributed by atoms with Crippen molar-refractivity contribution < 1.29 is 0 Å². The molecule has 1 aliphatic heterocycles. The Bertz CT molecular complexity index is 827. The predicted octanol–water partition coefficient (Wildman–Crippen LogP) is 4.93. The average Bonchev–Trinajstić information content (AvgIpc) is 2.71. The molecule has 2 nitrogen and oxygen atoms in total. The van der Waals surface area contributed by atoms with Crippen LogP contribution in [-0.4, -0.2) is 30.6 Å². The lowest BCUT2D eigenvalue weighted by atomic mass is 10.0. The lowest BCUT2D eigenvalue weighted by molar-refractivity contribution is 0.214. The minimum atomic E-state index is 0.493. The number of hydrogen-bond donors (Lipinski definition) is 0. The van der Waals surface area contributed by atoms with Gasteiger partial charge >= 0.3 is 0 Å². The van der Waals surface area contributed by atoms with Gasteiger partial charge in [0.05, 0.1) is 0 Å². The Morgan fingerprint density at radius 3 is 2.04 bits per heavy atom. The summed E-state index contributed by atoms with van der Waals surface area (Å²) in [7, 11) is 0. The summed E-state index contributed by atoms with van der Waals surface area (Å²) in [5.41, 5.74) is 5.49. The Morgan fingerprint density at radius 1 is 0.741 bits per heavy atom. The molecule has 3 aromatic rings. The minimum absolute atomic E-state index is 0.493. The van der Waals surface area contributed by atoms with E-state index in [9.17, 15) is 0 Å². The van der Waals surface area contributed by atoms with E-state index in [1.165, 1.54) is 22.4 Å². The highest BCUT2D eigenvalue weighted by atomic mass is 15.3. The molecule has 4 rings (SSSR count). The molecule has 0 aromatic heterocycles. The highest BCUT2D eigenvalue weighted by molar-refractivity contribution is 5.49. The van der Waals surface area contributed by atoms with E-state index < -0.39 is 0 Å². The monoisotopic (exact) mass is 356 g/mol. The van der Waals surface area contributed by atoms with E-state index in [1.807, 2.05) is 0 Å². The van der Waals surface area contributed by atoms with Crippen LogP contribution in [0.4, 0.5) is 5.69 Å². The van der Waals surface area contributed by atoms with Crippen molar-refractivity contribution in [2.75, 3.05) is 24.5 Å². The van der Waals surface area contributed by atoms with Gasteiger partial charge in [0.25, 0.3) is 0 Å². The first-order valence-electron chi connectivity index (χ1n) is 9.91. The topological polar surface area (TPSA) is 6.48 Å². The summed E-state index contributed by atoms with van der Waals surface area (Å²) >= 11 is 0. The van der Waals surface area contributed by atoms with Crippen LogP contribution in [0, 0.1) is 6.92 Å². The Kier molecular flexibility index (Phi) is 5.55. The van der Waals surface area contributed by atoms with Crippen LogP contribution in [0.5, 0.6) is 0 Å². The second-order valence-electron chi connectivity index (χ2n) is 7.59. The number of anilines is 1. The minimum Gasteiger partial charge on any atom is -0.366 e. The zero-order valence-electron chi connectivity index (χ0n) is 16.1. The van der Waals surface area contributed by atoms with Gasteiger partial charge in [-0.3, -0.25) is 4.90 Å². The molecule has 1 unspecified atom stereocenters. The fourth-order valence-electron chi connectivity index (χ4n) is 4.04. The lowest BCUT2D eigenvalue weighted by Crippen LogP contribution is -2.53. The quantitative estimate of drug-likeness (QED) is 0.640. The van der Waals surface area contributed by atoms with E-state index in [-0.39, 0.29) is 0 Å². The molecule has 1 fully saturated rings. The van der Waals surface area contributed by atoms with E-state index in [2.05, 4.69) is 102 Å². The van der Waals surface area contributed by atoms with Crippen molar-refractivity contribution in [3.63, 3.8) is 0 Å². The molecule has 0 bridgehead atoms. The molecule has 3 aromatic carbocycles. The zero-order chi connectivity index (χ0) is 18.5. The van der Waals surface area contributed by atoms with Gasteiger partial charge in [0.1, 0.15) is 0 Å². The SMILES string of the molecule is Cc1ccc(N2CCN(Cc3ccccc3)CC2Cc2ccccc2)cc1. The van der Waals surface area contributed by atoms with Gasteiger partial charge in [-0.2, -0.15) is 0 Å². The van der Waals surface area contributed by atoms with Crippen molar-refractivity contribution in [1.29, 1.82) is 0 Å². The molecule has 0 aliphatic carbocycles. The van der Waals surface area contributed by atoms with Crippen LogP contribution >= 0.6 is 0 Å². The molecule has 2 heteroatoms. The summed E-state index contributed by atoms with van der Waals surface area (Å²) in [6.07, 6.45) is 1.08. The lowest BCUT2D eigenvalue weighted by Gasteiger charge is -2.43. The highest BCUT2D eigenvalue weighted by Crippen LogP contribution is 2.24. The first-order valence-corrected chi connectivity index (χ1v) is 9.91. The Morgan fingerprint density at radius 2 is 1.37 bits per heavy atom. The van der Waals surface area contributed by atoms with Crippen molar-refractivity contribution in [2.45, 2.75) is 25.9 Å². The van der Waals surface area contributed by atoms with Crippen LogP contribution in [0.3, 0.4) is 0 Å². The molecule has 1 aliphatic rings. The fraction of sp³-hybridized carbons (Fsp3) is 0.280. The Labute approximate surface area is 163 Å². The summed E-state index contributed by atoms with van der Waals surface area (Å²) < 4.78 is 0. The molecule has 27 heavy (non-hydrogen) atoms. The smallest absolute Gasteiger partial charge is 0.0458 e. The van der Waals surface area contributed by atoms with E-state index in [4.69, 9.17) is 0 Å². The van der Waals surface area contributed by atoms with Gasteiger partial charge in [-0.25, -0.2) is 0 Å². The number of hydrogen-bond acceptors (Lipinski definition) is 2. The standard InChI is InChI=1S/C25H28N2/c1-21-12-14-24(15-13-21)27-17-16-26(19-23-10-6-3-7-11-23)20-25(27)18-22-8-4-2-5-9-22/h2-15,25H,16-20H2,1H3. The number of nitrogens with zero attached hydrogens (tertiary/aromatic N) is 2. The molecule has 1 atom stereocenters. The maximum absolute atomic E-state index is 2.61. The predicted molar refractivity (Wildman–Crippen MR) is 114 cm³/mol. The molecule has 138 valence electrons. The molecule has 1 heterocycles. The summed E-state index contributed by atoms with van der Waals surface area (Å²) in [6.45, 7) is 6.47. The third-order valence-electron chi connectivity index (χ3n) is 5.50. The van der Waals surface area contributed by atoms with Gasteiger partial charge in [0.2, 0.25) is 0 Å².